The van der Waals surface area contributed by atoms with Crippen LogP contribution in [0.15, 0.2) is 29.3 Å². The van der Waals surface area contributed by atoms with Crippen LogP contribution in [0.3, 0.4) is 0 Å². The number of pyridine rings is 2. The van der Waals surface area contributed by atoms with Crippen molar-refractivity contribution in [1.82, 2.24) is 24.4 Å². The summed E-state index contributed by atoms with van der Waals surface area (Å²) in [5, 5.41) is 3.92. The van der Waals surface area contributed by atoms with Crippen LogP contribution in [0.2, 0.25) is 0 Å². The van der Waals surface area contributed by atoms with Gasteiger partial charge in [0, 0.05) is 49.8 Å². The van der Waals surface area contributed by atoms with Crippen LogP contribution in [-0.2, 0) is 9.53 Å². The fourth-order valence-electron chi connectivity index (χ4n) is 6.69. The van der Waals surface area contributed by atoms with Gasteiger partial charge in [-0.25, -0.2) is 9.97 Å². The van der Waals surface area contributed by atoms with E-state index in [1.807, 2.05) is 18.3 Å². The number of ether oxygens (including phenoxy) is 1. The highest BCUT2D eigenvalue weighted by molar-refractivity contribution is 5.99. The van der Waals surface area contributed by atoms with Crippen molar-refractivity contribution >= 4 is 40.2 Å². The molecule has 216 valence electrons. The molecule has 1 N–H and O–H groups in total. The standard InChI is InChI=1S/C30H37N7O4/c1-18-24-15-32-30(34-27(24)37(22-6-4-5-7-22)28(39)26(18)19(2)38)33-25-9-8-23(14-31-25)35-12-10-21(11-13-35)36-16-20(17-36)29(40)41-3/h8-9,14-15,20-22H,4-7,10-13,16-17H2,1-3H3,(H,31,32,33,34). The van der Waals surface area contributed by atoms with Gasteiger partial charge in [0.25, 0.3) is 5.56 Å². The number of fused-ring (bicyclic) bond motifs is 1. The van der Waals surface area contributed by atoms with Crippen LogP contribution in [0.1, 0.15) is 67.4 Å². The number of Topliss-reactive ketones (excluding diaryl/α,β-unsaturated/α-hetero) is 1. The summed E-state index contributed by atoms with van der Waals surface area (Å²) >= 11 is 0. The van der Waals surface area contributed by atoms with E-state index >= 15 is 0 Å². The van der Waals surface area contributed by atoms with Gasteiger partial charge >= 0.3 is 5.97 Å². The number of likely N-dealkylation sites (tertiary alicyclic amines) is 1. The Morgan fingerprint density at radius 1 is 1.00 bits per heavy atom. The van der Waals surface area contributed by atoms with Gasteiger partial charge in [-0.1, -0.05) is 12.8 Å². The zero-order chi connectivity index (χ0) is 28.7. The highest BCUT2D eigenvalue weighted by atomic mass is 16.5. The third-order valence-electron chi connectivity index (χ3n) is 9.03. The largest absolute Gasteiger partial charge is 0.469 e. The lowest BCUT2D eigenvalue weighted by molar-refractivity contribution is -0.152. The SMILES string of the molecule is COC(=O)C1CN(C2CCN(c3ccc(Nc4ncc5c(C)c(C(C)=O)c(=O)n(C6CCCC6)c5n4)nc3)CC2)C1. The Balaban J connectivity index is 1.15. The van der Waals surface area contributed by atoms with Crippen molar-refractivity contribution in [2.75, 3.05) is 43.5 Å². The maximum atomic E-state index is 13.4. The van der Waals surface area contributed by atoms with Crippen molar-refractivity contribution in [1.29, 1.82) is 0 Å². The normalized spacial score (nSPS) is 19.0. The molecule has 0 unspecified atom stereocenters. The minimum Gasteiger partial charge on any atom is -0.469 e. The average Bonchev–Trinajstić information content (AvgIpc) is 3.47. The first-order valence-electron chi connectivity index (χ1n) is 14.6. The first-order chi connectivity index (χ1) is 19.8. The van der Waals surface area contributed by atoms with Gasteiger partial charge in [-0.05, 0) is 57.2 Å². The van der Waals surface area contributed by atoms with Crippen LogP contribution in [0.25, 0.3) is 11.0 Å². The molecule has 3 aromatic rings. The molecule has 41 heavy (non-hydrogen) atoms. The average molecular weight is 560 g/mol. The van der Waals surface area contributed by atoms with E-state index in [1.165, 1.54) is 14.0 Å². The zero-order valence-electron chi connectivity index (χ0n) is 23.9. The van der Waals surface area contributed by atoms with Gasteiger partial charge in [0.05, 0.1) is 30.5 Å². The van der Waals surface area contributed by atoms with E-state index in [1.54, 1.807) is 17.7 Å². The summed E-state index contributed by atoms with van der Waals surface area (Å²) < 4.78 is 6.58. The molecule has 1 saturated carbocycles. The number of carbonyl (C=O) groups is 2. The molecule has 0 radical (unpaired) electrons. The van der Waals surface area contributed by atoms with E-state index in [0.29, 0.717) is 29.0 Å². The highest BCUT2D eigenvalue weighted by Gasteiger charge is 2.38. The summed E-state index contributed by atoms with van der Waals surface area (Å²) in [6, 6.07) is 4.50. The van der Waals surface area contributed by atoms with Gasteiger partial charge in [0.1, 0.15) is 11.5 Å². The summed E-state index contributed by atoms with van der Waals surface area (Å²) in [5.74, 6) is 0.660. The van der Waals surface area contributed by atoms with Crippen LogP contribution in [0.4, 0.5) is 17.5 Å². The molecule has 11 heteroatoms. The molecule has 0 spiro atoms. The van der Waals surface area contributed by atoms with E-state index in [9.17, 15) is 14.4 Å². The molecule has 3 aliphatic rings. The molecule has 0 atom stereocenters. The Labute approximate surface area is 238 Å². The summed E-state index contributed by atoms with van der Waals surface area (Å²) in [6.45, 7) is 6.70. The fraction of sp³-hybridized carbons (Fsp3) is 0.533. The molecule has 0 bridgehead atoms. The Kier molecular flexibility index (Phi) is 7.46. The second-order valence-corrected chi connectivity index (χ2v) is 11.5. The number of ketones is 1. The maximum absolute atomic E-state index is 13.4. The topological polar surface area (TPSA) is 123 Å². The van der Waals surface area contributed by atoms with Crippen LogP contribution in [-0.4, -0.2) is 75.5 Å². The number of hydrogen-bond acceptors (Lipinski definition) is 10. The summed E-state index contributed by atoms with van der Waals surface area (Å²) in [7, 11) is 1.45. The Morgan fingerprint density at radius 2 is 1.73 bits per heavy atom. The minimum absolute atomic E-state index is 0.0196. The molecule has 2 aliphatic heterocycles. The van der Waals surface area contributed by atoms with Crippen molar-refractivity contribution in [3.63, 3.8) is 0 Å². The van der Waals surface area contributed by atoms with Crippen LogP contribution >= 0.6 is 0 Å². The maximum Gasteiger partial charge on any atom is 0.311 e. The monoisotopic (exact) mass is 559 g/mol. The number of aryl methyl sites for hydroxylation is 1. The Hall–Kier alpha value is -3.86. The number of hydrogen-bond donors (Lipinski definition) is 1. The number of methoxy groups -OCH3 is 1. The van der Waals surface area contributed by atoms with Gasteiger partial charge in [0.15, 0.2) is 5.78 Å². The van der Waals surface area contributed by atoms with E-state index in [2.05, 4.69) is 25.1 Å². The summed E-state index contributed by atoms with van der Waals surface area (Å²) in [5.41, 5.74) is 2.21. The van der Waals surface area contributed by atoms with Crippen molar-refractivity contribution in [3.05, 3.63) is 46.0 Å². The second-order valence-electron chi connectivity index (χ2n) is 11.5. The van der Waals surface area contributed by atoms with Crippen molar-refractivity contribution in [3.8, 4) is 0 Å². The number of nitrogens with one attached hydrogen (secondary N) is 1. The number of rotatable bonds is 7. The smallest absolute Gasteiger partial charge is 0.311 e. The number of anilines is 3. The lowest BCUT2D eigenvalue weighted by Crippen LogP contribution is -2.57. The lowest BCUT2D eigenvalue weighted by atomic mass is 9.93. The molecule has 0 amide bonds. The molecule has 3 fully saturated rings. The quantitative estimate of drug-likeness (QED) is 0.339. The number of esters is 1. The van der Waals surface area contributed by atoms with Gasteiger partial charge in [-0.3, -0.25) is 23.9 Å². The molecule has 2 saturated heterocycles. The summed E-state index contributed by atoms with van der Waals surface area (Å²) in [4.78, 5) is 56.1. The first kappa shape index (κ1) is 27.3. The predicted octanol–water partition coefficient (Wildman–Crippen LogP) is 3.63. The van der Waals surface area contributed by atoms with Crippen molar-refractivity contribution < 1.29 is 14.3 Å². The molecular formula is C30H37N7O4. The number of piperidine rings is 1. The van der Waals surface area contributed by atoms with E-state index in [4.69, 9.17) is 9.72 Å². The van der Waals surface area contributed by atoms with Crippen molar-refractivity contribution in [2.24, 2.45) is 5.92 Å². The molecular weight excluding hydrogens is 522 g/mol. The molecule has 3 aromatic heterocycles. The van der Waals surface area contributed by atoms with E-state index in [-0.39, 0.29) is 34.8 Å². The first-order valence-corrected chi connectivity index (χ1v) is 14.6. The molecule has 11 nitrogen and oxygen atoms in total. The molecule has 0 aromatic carbocycles. The van der Waals surface area contributed by atoms with E-state index in [0.717, 1.165) is 75.8 Å². The van der Waals surface area contributed by atoms with Crippen LogP contribution in [0, 0.1) is 12.8 Å². The van der Waals surface area contributed by atoms with Gasteiger partial charge in [0.2, 0.25) is 5.95 Å². The van der Waals surface area contributed by atoms with Crippen LogP contribution < -0.4 is 15.8 Å². The van der Waals surface area contributed by atoms with E-state index < -0.39 is 0 Å². The Bertz CT molecular complexity index is 1520. The lowest BCUT2D eigenvalue weighted by Gasteiger charge is -2.46. The van der Waals surface area contributed by atoms with Gasteiger partial charge < -0.3 is 15.0 Å². The van der Waals surface area contributed by atoms with Gasteiger partial charge in [-0.15, -0.1) is 0 Å². The van der Waals surface area contributed by atoms with Crippen LogP contribution in [0.5, 0.6) is 0 Å². The number of nitrogens with zero attached hydrogens (tertiary/aromatic N) is 6. The third-order valence-corrected chi connectivity index (χ3v) is 9.03. The molecule has 6 rings (SSSR count). The third kappa shape index (κ3) is 5.18. The minimum atomic E-state index is -0.261. The van der Waals surface area contributed by atoms with Crippen molar-refractivity contribution in [2.45, 2.75) is 64.5 Å². The highest BCUT2D eigenvalue weighted by Crippen LogP contribution is 2.32. The number of carbonyl (C=O) groups excluding carboxylic acids is 2. The zero-order valence-corrected chi connectivity index (χ0v) is 23.9. The summed E-state index contributed by atoms with van der Waals surface area (Å²) in [6.07, 6.45) is 9.56. The van der Waals surface area contributed by atoms with Gasteiger partial charge in [-0.2, -0.15) is 4.98 Å². The predicted molar refractivity (Wildman–Crippen MR) is 156 cm³/mol. The second kappa shape index (κ2) is 11.2. The number of aromatic nitrogens is 4. The molecule has 5 heterocycles. The Morgan fingerprint density at radius 3 is 2.37 bits per heavy atom. The fourth-order valence-corrected chi connectivity index (χ4v) is 6.69. The molecule has 1 aliphatic carbocycles.